The third kappa shape index (κ3) is 5.40. The number of hydrogen-bond donors (Lipinski definition) is 2. The maximum atomic E-state index is 14.1. The molecule has 7 nitrogen and oxygen atoms in total. The van der Waals surface area contributed by atoms with E-state index >= 15 is 0 Å². The highest BCUT2D eigenvalue weighted by Crippen LogP contribution is 2.40. The fraction of sp³-hybridized carbons (Fsp3) is 0.156. The molecule has 0 fully saturated rings. The van der Waals surface area contributed by atoms with E-state index in [1.165, 1.54) is 11.8 Å². The molecule has 9 heteroatoms. The van der Waals surface area contributed by atoms with Gasteiger partial charge in [-0.1, -0.05) is 96.2 Å². The molecule has 2 N–H and O–H groups in total. The van der Waals surface area contributed by atoms with Crippen LogP contribution < -0.4 is 15.4 Å². The van der Waals surface area contributed by atoms with Crippen molar-refractivity contribution in [3.05, 3.63) is 118 Å². The molecule has 0 saturated carbocycles. The number of rotatable bonds is 8. The number of fused-ring (bicyclic) bond motifs is 2. The lowest BCUT2D eigenvalue weighted by molar-refractivity contribution is -0.113. The van der Waals surface area contributed by atoms with Gasteiger partial charge in [0.1, 0.15) is 11.8 Å². The number of benzene rings is 4. The lowest BCUT2D eigenvalue weighted by atomic mass is 9.91. The molecular formula is C32H28ClN5O2S. The molecule has 5 aromatic rings. The van der Waals surface area contributed by atoms with Crippen LogP contribution >= 0.6 is 23.4 Å². The van der Waals surface area contributed by atoms with Crippen molar-refractivity contribution in [1.82, 2.24) is 14.8 Å². The van der Waals surface area contributed by atoms with E-state index in [1.54, 1.807) is 0 Å². The summed E-state index contributed by atoms with van der Waals surface area (Å²) >= 11 is 7.89. The van der Waals surface area contributed by atoms with Crippen LogP contribution in [0.15, 0.2) is 107 Å². The van der Waals surface area contributed by atoms with Crippen LogP contribution in [0.5, 0.6) is 5.75 Å². The van der Waals surface area contributed by atoms with Gasteiger partial charge in [0.05, 0.1) is 17.9 Å². The minimum absolute atomic E-state index is 0.244. The Morgan fingerprint density at radius 1 is 1.02 bits per heavy atom. The van der Waals surface area contributed by atoms with Gasteiger partial charge in [0.2, 0.25) is 11.1 Å². The Balaban J connectivity index is 1.42. The maximum Gasteiger partial charge on any atom is 0.255 e. The summed E-state index contributed by atoms with van der Waals surface area (Å²) < 4.78 is 7.58. The Hall–Kier alpha value is -4.27. The molecule has 1 amide bonds. The van der Waals surface area contributed by atoms with Crippen molar-refractivity contribution in [2.75, 3.05) is 17.2 Å². The SMILES string of the molecule is CCOc1ccccc1NC(=O)C1=C(C)Nc2nc(SCc3ccccc3Cl)nn2C1c1cccc2ccccc12. The average Bonchev–Trinajstić information content (AvgIpc) is 3.39. The highest BCUT2D eigenvalue weighted by atomic mass is 35.5. The molecule has 0 bridgehead atoms. The van der Waals surface area contributed by atoms with Crippen molar-refractivity contribution in [1.29, 1.82) is 0 Å². The minimum Gasteiger partial charge on any atom is -0.492 e. The number of ether oxygens (including phenoxy) is 1. The number of carbonyl (C=O) groups is 1. The number of thioether (sulfide) groups is 1. The van der Waals surface area contributed by atoms with Crippen LogP contribution in [-0.2, 0) is 10.5 Å². The van der Waals surface area contributed by atoms with Crippen LogP contribution in [0, 0.1) is 0 Å². The first kappa shape index (κ1) is 26.9. The monoisotopic (exact) mass is 581 g/mol. The molecule has 6 rings (SSSR count). The van der Waals surface area contributed by atoms with Gasteiger partial charge in [-0.2, -0.15) is 4.98 Å². The van der Waals surface area contributed by atoms with Crippen molar-refractivity contribution in [2.45, 2.75) is 30.8 Å². The third-order valence-electron chi connectivity index (χ3n) is 6.95. The Bertz CT molecular complexity index is 1780. The lowest BCUT2D eigenvalue weighted by Crippen LogP contribution is -2.31. The molecule has 0 spiro atoms. The molecule has 1 atom stereocenters. The first-order chi connectivity index (χ1) is 20.0. The summed E-state index contributed by atoms with van der Waals surface area (Å²) in [4.78, 5) is 18.9. The molecule has 0 aliphatic carbocycles. The minimum atomic E-state index is -0.515. The van der Waals surface area contributed by atoms with Gasteiger partial charge in [-0.15, -0.1) is 5.10 Å². The van der Waals surface area contributed by atoms with Gasteiger partial charge in [-0.25, -0.2) is 4.68 Å². The number of aromatic nitrogens is 3. The van der Waals surface area contributed by atoms with E-state index in [2.05, 4.69) is 34.9 Å². The molecule has 2 heterocycles. The molecule has 4 aromatic carbocycles. The second-order valence-electron chi connectivity index (χ2n) is 9.56. The van der Waals surface area contributed by atoms with E-state index in [0.717, 1.165) is 21.9 Å². The average molecular weight is 582 g/mol. The van der Waals surface area contributed by atoms with Crippen molar-refractivity contribution in [3.63, 3.8) is 0 Å². The van der Waals surface area contributed by atoms with Gasteiger partial charge < -0.3 is 15.4 Å². The fourth-order valence-electron chi connectivity index (χ4n) is 5.06. The van der Waals surface area contributed by atoms with Crippen LogP contribution in [0.1, 0.15) is 31.0 Å². The Labute approximate surface area is 247 Å². The number of allylic oxidation sites excluding steroid dienone is 1. The van der Waals surface area contributed by atoms with Crippen LogP contribution in [0.2, 0.25) is 5.02 Å². The number of hydrogen-bond acceptors (Lipinski definition) is 6. The van der Waals surface area contributed by atoms with E-state index in [-0.39, 0.29) is 5.91 Å². The summed E-state index contributed by atoms with van der Waals surface area (Å²) in [5.74, 6) is 1.57. The first-order valence-electron chi connectivity index (χ1n) is 13.3. The summed E-state index contributed by atoms with van der Waals surface area (Å²) in [7, 11) is 0. The third-order valence-corrected chi connectivity index (χ3v) is 8.20. The zero-order valence-corrected chi connectivity index (χ0v) is 24.2. The molecule has 1 aliphatic heterocycles. The van der Waals surface area contributed by atoms with Crippen LogP contribution in [0.25, 0.3) is 10.8 Å². The van der Waals surface area contributed by atoms with Gasteiger partial charge in [-0.05, 0) is 53.9 Å². The van der Waals surface area contributed by atoms with Gasteiger partial charge in [-0.3, -0.25) is 4.79 Å². The largest absolute Gasteiger partial charge is 0.492 e. The first-order valence-corrected chi connectivity index (χ1v) is 14.7. The fourth-order valence-corrected chi connectivity index (χ4v) is 6.18. The van der Waals surface area contributed by atoms with Crippen molar-refractivity contribution in [2.24, 2.45) is 0 Å². The predicted octanol–water partition coefficient (Wildman–Crippen LogP) is 7.70. The second-order valence-corrected chi connectivity index (χ2v) is 10.9. The quantitative estimate of drug-likeness (QED) is 0.183. The zero-order valence-electron chi connectivity index (χ0n) is 22.6. The van der Waals surface area contributed by atoms with Gasteiger partial charge in [0.15, 0.2) is 0 Å². The van der Waals surface area contributed by atoms with E-state index in [4.69, 9.17) is 26.4 Å². The number of nitrogens with one attached hydrogen (secondary N) is 2. The van der Waals surface area contributed by atoms with Crippen LogP contribution in [-0.4, -0.2) is 27.3 Å². The summed E-state index contributed by atoms with van der Waals surface area (Å²) in [6, 6.07) is 29.0. The number of anilines is 2. The predicted molar refractivity (Wildman–Crippen MR) is 166 cm³/mol. The van der Waals surface area contributed by atoms with Gasteiger partial charge in [0.25, 0.3) is 5.91 Å². The standard InChI is InChI=1S/C32H28ClN5O2S/c1-3-40-27-18-9-8-17-26(27)35-30(39)28-20(2)34-31-36-32(41-19-22-12-5-7-16-25(22)33)37-38(31)29(28)24-15-10-13-21-11-4-6-14-23(21)24/h4-18,29H,3,19H2,1-2H3,(H,35,39)(H,34,36,37). The number of amides is 1. The Kier molecular flexibility index (Phi) is 7.67. The summed E-state index contributed by atoms with van der Waals surface area (Å²) in [6.07, 6.45) is 0. The topological polar surface area (TPSA) is 81.1 Å². The smallest absolute Gasteiger partial charge is 0.255 e. The maximum absolute atomic E-state index is 14.1. The van der Waals surface area contributed by atoms with Gasteiger partial charge >= 0.3 is 0 Å². The Morgan fingerprint density at radius 3 is 2.63 bits per heavy atom. The zero-order chi connectivity index (χ0) is 28.3. The molecule has 1 unspecified atom stereocenters. The van der Waals surface area contributed by atoms with Crippen molar-refractivity contribution in [3.8, 4) is 5.75 Å². The number of halogens is 1. The van der Waals surface area contributed by atoms with Crippen LogP contribution in [0.4, 0.5) is 11.6 Å². The van der Waals surface area contributed by atoms with E-state index in [0.29, 0.717) is 51.2 Å². The summed E-state index contributed by atoms with van der Waals surface area (Å²) in [5, 5.41) is 14.8. The molecule has 41 heavy (non-hydrogen) atoms. The molecule has 1 aliphatic rings. The summed E-state index contributed by atoms with van der Waals surface area (Å²) in [6.45, 7) is 4.31. The van der Waals surface area contributed by atoms with E-state index < -0.39 is 6.04 Å². The summed E-state index contributed by atoms with van der Waals surface area (Å²) in [5.41, 5.74) is 3.83. The second kappa shape index (κ2) is 11.7. The highest BCUT2D eigenvalue weighted by molar-refractivity contribution is 7.98. The van der Waals surface area contributed by atoms with E-state index in [1.807, 2.05) is 85.3 Å². The normalized spacial score (nSPS) is 14.5. The van der Waals surface area contributed by atoms with E-state index in [9.17, 15) is 4.79 Å². The van der Waals surface area contributed by atoms with Crippen molar-refractivity contribution >= 4 is 51.7 Å². The number of nitrogens with zero attached hydrogens (tertiary/aromatic N) is 3. The van der Waals surface area contributed by atoms with Gasteiger partial charge in [0, 0.05) is 16.5 Å². The molecular weight excluding hydrogens is 554 g/mol. The Morgan fingerprint density at radius 2 is 1.78 bits per heavy atom. The molecule has 0 saturated heterocycles. The van der Waals surface area contributed by atoms with Crippen LogP contribution in [0.3, 0.4) is 0 Å². The number of para-hydroxylation sites is 2. The number of carbonyl (C=O) groups excluding carboxylic acids is 1. The van der Waals surface area contributed by atoms with Crippen molar-refractivity contribution < 1.29 is 9.53 Å². The molecule has 1 aromatic heterocycles. The highest BCUT2D eigenvalue weighted by Gasteiger charge is 2.35. The molecule has 206 valence electrons. The molecule has 0 radical (unpaired) electrons. The lowest BCUT2D eigenvalue weighted by Gasteiger charge is -2.29.